The minimum Gasteiger partial charge on any atom is -0.289 e. The summed E-state index contributed by atoms with van der Waals surface area (Å²) in [5.74, 6) is -0.289. The summed E-state index contributed by atoms with van der Waals surface area (Å²) < 4.78 is 0. The van der Waals surface area contributed by atoms with Crippen LogP contribution in [0.4, 0.5) is 0 Å². The zero-order chi connectivity index (χ0) is 19.1. The Labute approximate surface area is 176 Å². The lowest BCUT2D eigenvalue weighted by Crippen LogP contribution is -2.29. The van der Waals surface area contributed by atoms with Gasteiger partial charge in [0.1, 0.15) is 0 Å². The molecule has 27 heavy (non-hydrogen) atoms. The van der Waals surface area contributed by atoms with Gasteiger partial charge in [0, 0.05) is 24.4 Å². The SMILES string of the molecule is CSC(CCCCCc1ccc(-c2ccc(-c3cccs3)s2)s1)C(=O)NO. The van der Waals surface area contributed by atoms with Gasteiger partial charge in [0.15, 0.2) is 0 Å². The van der Waals surface area contributed by atoms with E-state index < -0.39 is 0 Å². The first-order chi connectivity index (χ1) is 13.2. The zero-order valence-electron chi connectivity index (χ0n) is 15.1. The van der Waals surface area contributed by atoms with Gasteiger partial charge in [-0.3, -0.25) is 10.0 Å². The topological polar surface area (TPSA) is 49.3 Å². The molecule has 0 aliphatic rings. The summed E-state index contributed by atoms with van der Waals surface area (Å²) in [4.78, 5) is 18.2. The molecule has 0 aliphatic heterocycles. The van der Waals surface area contributed by atoms with E-state index in [1.165, 1.54) is 36.1 Å². The van der Waals surface area contributed by atoms with Crippen molar-refractivity contribution in [3.63, 3.8) is 0 Å². The van der Waals surface area contributed by atoms with E-state index in [2.05, 4.69) is 41.8 Å². The summed E-state index contributed by atoms with van der Waals surface area (Å²) in [6, 6.07) is 13.2. The lowest BCUT2D eigenvalue weighted by molar-refractivity contribution is -0.128. The first kappa shape index (κ1) is 20.6. The molecule has 1 atom stereocenters. The van der Waals surface area contributed by atoms with Crippen molar-refractivity contribution in [2.75, 3.05) is 6.26 Å². The van der Waals surface area contributed by atoms with Gasteiger partial charge in [-0.1, -0.05) is 18.9 Å². The van der Waals surface area contributed by atoms with E-state index in [1.54, 1.807) is 16.8 Å². The molecular weight excluding hydrogens is 414 g/mol. The Morgan fingerprint density at radius 1 is 1.04 bits per heavy atom. The Kier molecular flexibility index (Phi) is 7.96. The fourth-order valence-electron chi connectivity index (χ4n) is 2.90. The normalized spacial score (nSPS) is 12.2. The van der Waals surface area contributed by atoms with Crippen molar-refractivity contribution in [2.45, 2.75) is 37.4 Å². The lowest BCUT2D eigenvalue weighted by atomic mass is 10.1. The van der Waals surface area contributed by atoms with Gasteiger partial charge in [0.2, 0.25) is 0 Å². The smallest absolute Gasteiger partial charge is 0.256 e. The standard InChI is InChI=1S/C20H23NO2S4/c1-24-19(20(22)21-23)7-4-2-3-6-14-9-10-17(26-14)18-12-11-16(27-18)15-8-5-13-25-15/h5,8-13,19,23H,2-4,6-7H2,1H3,(H,21,22). The number of hydrogen-bond acceptors (Lipinski definition) is 6. The van der Waals surface area contributed by atoms with Gasteiger partial charge < -0.3 is 0 Å². The van der Waals surface area contributed by atoms with E-state index in [-0.39, 0.29) is 11.2 Å². The molecule has 0 saturated carbocycles. The summed E-state index contributed by atoms with van der Waals surface area (Å²) >= 11 is 7.02. The highest BCUT2D eigenvalue weighted by atomic mass is 32.2. The highest BCUT2D eigenvalue weighted by Gasteiger charge is 2.15. The molecule has 0 radical (unpaired) electrons. The molecular formula is C20H23NO2S4. The maximum atomic E-state index is 11.5. The van der Waals surface area contributed by atoms with Gasteiger partial charge in [-0.25, -0.2) is 5.48 Å². The van der Waals surface area contributed by atoms with Crippen molar-refractivity contribution in [2.24, 2.45) is 0 Å². The minimum atomic E-state index is -0.289. The van der Waals surface area contributed by atoms with Crippen LogP contribution in [-0.4, -0.2) is 22.6 Å². The van der Waals surface area contributed by atoms with E-state index in [1.807, 2.05) is 28.9 Å². The van der Waals surface area contributed by atoms with Crippen molar-refractivity contribution in [3.8, 4) is 19.5 Å². The van der Waals surface area contributed by atoms with Crippen LogP contribution in [0.15, 0.2) is 41.8 Å². The number of thioether (sulfide) groups is 1. The molecule has 2 N–H and O–H groups in total. The predicted molar refractivity (Wildman–Crippen MR) is 120 cm³/mol. The van der Waals surface area contributed by atoms with E-state index >= 15 is 0 Å². The molecule has 3 heterocycles. The van der Waals surface area contributed by atoms with Gasteiger partial charge in [0.05, 0.1) is 5.25 Å². The van der Waals surface area contributed by atoms with E-state index in [0.29, 0.717) is 0 Å². The second kappa shape index (κ2) is 10.4. The van der Waals surface area contributed by atoms with Gasteiger partial charge >= 0.3 is 0 Å². The van der Waals surface area contributed by atoms with Crippen LogP contribution in [-0.2, 0) is 11.2 Å². The third kappa shape index (κ3) is 5.68. The number of carbonyl (C=O) groups excluding carboxylic acids is 1. The molecule has 0 bridgehead atoms. The van der Waals surface area contributed by atoms with E-state index in [0.717, 1.165) is 32.1 Å². The van der Waals surface area contributed by atoms with Gasteiger partial charge in [-0.2, -0.15) is 11.8 Å². The van der Waals surface area contributed by atoms with Crippen LogP contribution in [0.1, 0.15) is 30.6 Å². The molecule has 3 nitrogen and oxygen atoms in total. The summed E-state index contributed by atoms with van der Waals surface area (Å²) in [5.41, 5.74) is 1.76. The first-order valence-corrected chi connectivity index (χ1v) is 12.7. The summed E-state index contributed by atoms with van der Waals surface area (Å²) in [5, 5.41) is 10.7. The number of thiophene rings is 3. The van der Waals surface area contributed by atoms with Crippen molar-refractivity contribution >= 4 is 51.7 Å². The van der Waals surface area contributed by atoms with Crippen LogP contribution in [0, 0.1) is 0 Å². The predicted octanol–water partition coefficient (Wildman–Crippen LogP) is 6.55. The quantitative estimate of drug-likeness (QED) is 0.215. The maximum Gasteiger partial charge on any atom is 0.256 e. The molecule has 0 fully saturated rings. The average Bonchev–Trinajstić information content (AvgIpc) is 3.44. The van der Waals surface area contributed by atoms with Crippen molar-refractivity contribution in [1.29, 1.82) is 0 Å². The Hall–Kier alpha value is -1.12. The third-order valence-corrected chi connectivity index (χ3v) is 8.86. The summed E-state index contributed by atoms with van der Waals surface area (Å²) in [7, 11) is 0. The number of unbranched alkanes of at least 4 members (excludes halogenated alkanes) is 2. The molecule has 1 unspecified atom stereocenters. The maximum absolute atomic E-state index is 11.5. The number of hydrogen-bond donors (Lipinski definition) is 2. The van der Waals surface area contributed by atoms with E-state index in [4.69, 9.17) is 5.21 Å². The zero-order valence-corrected chi connectivity index (χ0v) is 18.4. The summed E-state index contributed by atoms with van der Waals surface area (Å²) in [6.45, 7) is 0. The monoisotopic (exact) mass is 437 g/mol. The van der Waals surface area contributed by atoms with Crippen LogP contribution in [0.5, 0.6) is 0 Å². The Morgan fingerprint density at radius 3 is 2.48 bits per heavy atom. The largest absolute Gasteiger partial charge is 0.289 e. The molecule has 0 saturated heterocycles. The number of nitrogens with one attached hydrogen (secondary N) is 1. The van der Waals surface area contributed by atoms with Crippen LogP contribution >= 0.6 is 45.8 Å². The number of amides is 1. The highest BCUT2D eigenvalue weighted by Crippen LogP contribution is 2.39. The van der Waals surface area contributed by atoms with Crippen LogP contribution in [0.3, 0.4) is 0 Å². The van der Waals surface area contributed by atoms with Gasteiger partial charge in [0.25, 0.3) is 5.91 Å². The molecule has 3 aromatic rings. The number of carbonyl (C=O) groups is 1. The molecule has 1 amide bonds. The first-order valence-electron chi connectivity index (χ1n) is 8.91. The van der Waals surface area contributed by atoms with Crippen LogP contribution in [0.2, 0.25) is 0 Å². The fourth-order valence-corrected chi connectivity index (χ4v) is 6.55. The number of aryl methyl sites for hydroxylation is 1. The molecule has 7 heteroatoms. The van der Waals surface area contributed by atoms with Crippen LogP contribution < -0.4 is 5.48 Å². The molecule has 3 rings (SSSR count). The number of hydroxylamine groups is 1. The van der Waals surface area contributed by atoms with Crippen molar-refractivity contribution < 1.29 is 10.0 Å². The molecule has 144 valence electrons. The van der Waals surface area contributed by atoms with E-state index in [9.17, 15) is 4.79 Å². The van der Waals surface area contributed by atoms with Crippen molar-refractivity contribution in [1.82, 2.24) is 5.48 Å². The molecule has 0 aromatic carbocycles. The molecule has 0 aliphatic carbocycles. The average molecular weight is 438 g/mol. The fraction of sp³-hybridized carbons (Fsp3) is 0.350. The van der Waals surface area contributed by atoms with Crippen molar-refractivity contribution in [3.05, 3.63) is 46.7 Å². The van der Waals surface area contributed by atoms with Gasteiger partial charge in [-0.15, -0.1) is 34.0 Å². The summed E-state index contributed by atoms with van der Waals surface area (Å²) in [6.07, 6.45) is 7.04. The third-order valence-electron chi connectivity index (χ3n) is 4.35. The second-order valence-corrected chi connectivity index (χ2v) is 10.4. The minimum absolute atomic E-state index is 0.153. The molecule has 0 spiro atoms. The van der Waals surface area contributed by atoms with Gasteiger partial charge in [-0.05, 0) is 61.2 Å². The Balaban J connectivity index is 1.45. The molecule has 3 aromatic heterocycles. The Bertz CT molecular complexity index is 838. The highest BCUT2D eigenvalue weighted by molar-refractivity contribution is 7.99. The Morgan fingerprint density at radius 2 is 1.78 bits per heavy atom. The lowest BCUT2D eigenvalue weighted by Gasteiger charge is -2.11. The van der Waals surface area contributed by atoms with Crippen LogP contribution in [0.25, 0.3) is 19.5 Å². The second-order valence-electron chi connectivity index (χ2n) is 6.21. The number of rotatable bonds is 10.